The predicted octanol–water partition coefficient (Wildman–Crippen LogP) is 4.60. The second-order valence-corrected chi connectivity index (χ2v) is 7.92. The maximum Gasteiger partial charge on any atom is 0.267 e. The Labute approximate surface area is 132 Å². The van der Waals surface area contributed by atoms with Gasteiger partial charge in [-0.25, -0.2) is 4.98 Å². The van der Waals surface area contributed by atoms with Crippen LogP contribution in [0.25, 0.3) is 0 Å². The first-order valence-electron chi connectivity index (χ1n) is 7.68. The third-order valence-corrected chi connectivity index (χ3v) is 6.22. The molecule has 0 unspecified atom stereocenters. The first-order valence-corrected chi connectivity index (χ1v) is 9.37. The number of aromatic nitrogens is 1. The quantitative estimate of drug-likeness (QED) is 0.840. The highest BCUT2D eigenvalue weighted by atomic mass is 32.1. The summed E-state index contributed by atoms with van der Waals surface area (Å²) in [6.07, 6.45) is 8.57. The van der Waals surface area contributed by atoms with Crippen LogP contribution in [0.15, 0.2) is 11.4 Å². The summed E-state index contributed by atoms with van der Waals surface area (Å²) >= 11 is 3.21. The molecule has 0 bridgehead atoms. The molecule has 0 aromatic carbocycles. The van der Waals surface area contributed by atoms with Crippen molar-refractivity contribution in [3.05, 3.63) is 32.5 Å². The molecule has 0 saturated heterocycles. The number of anilines is 1. The number of carbonyl (C=O) groups excluding carboxylic acids is 1. The van der Waals surface area contributed by atoms with Gasteiger partial charge in [-0.2, -0.15) is 0 Å². The second-order valence-electron chi connectivity index (χ2n) is 5.93. The molecule has 21 heavy (non-hydrogen) atoms. The standard InChI is InChI=1S/C16H18N2OS2/c19-15(18-16-17-12(9-20-16)10-6-7-10)14-8-11-4-2-1-3-5-13(11)21-14/h8-10H,1-7H2,(H,17,18,19). The summed E-state index contributed by atoms with van der Waals surface area (Å²) in [5, 5.41) is 5.79. The van der Waals surface area contributed by atoms with Gasteiger partial charge in [0.2, 0.25) is 0 Å². The number of nitrogens with one attached hydrogen (secondary N) is 1. The number of aryl methyl sites for hydroxylation is 2. The highest BCUT2D eigenvalue weighted by molar-refractivity contribution is 7.15. The van der Waals surface area contributed by atoms with E-state index in [1.807, 2.05) is 0 Å². The lowest BCUT2D eigenvalue weighted by molar-refractivity contribution is 0.103. The van der Waals surface area contributed by atoms with Crippen molar-refractivity contribution in [3.63, 3.8) is 0 Å². The number of fused-ring (bicyclic) bond motifs is 1. The number of hydrogen-bond donors (Lipinski definition) is 1. The van der Waals surface area contributed by atoms with Gasteiger partial charge in [-0.15, -0.1) is 22.7 Å². The van der Waals surface area contributed by atoms with Gasteiger partial charge in [0.15, 0.2) is 5.13 Å². The van der Waals surface area contributed by atoms with Gasteiger partial charge in [0.1, 0.15) is 0 Å². The van der Waals surface area contributed by atoms with Crippen molar-refractivity contribution in [1.82, 2.24) is 4.98 Å². The van der Waals surface area contributed by atoms with E-state index in [0.717, 1.165) is 28.5 Å². The summed E-state index contributed by atoms with van der Waals surface area (Å²) in [7, 11) is 0. The molecule has 1 fully saturated rings. The largest absolute Gasteiger partial charge is 0.297 e. The van der Waals surface area contributed by atoms with E-state index in [2.05, 4.69) is 21.7 Å². The van der Waals surface area contributed by atoms with Crippen LogP contribution in [0.4, 0.5) is 5.13 Å². The molecule has 110 valence electrons. The zero-order chi connectivity index (χ0) is 14.2. The number of amides is 1. The fraction of sp³-hybridized carbons (Fsp3) is 0.500. The van der Waals surface area contributed by atoms with Crippen LogP contribution in [0.5, 0.6) is 0 Å². The Balaban J connectivity index is 1.48. The summed E-state index contributed by atoms with van der Waals surface area (Å²) in [5.41, 5.74) is 2.54. The molecular formula is C16H18N2OS2. The number of carbonyl (C=O) groups is 1. The van der Waals surface area contributed by atoms with Gasteiger partial charge in [0, 0.05) is 16.2 Å². The summed E-state index contributed by atoms with van der Waals surface area (Å²) in [6.45, 7) is 0. The lowest BCUT2D eigenvalue weighted by Gasteiger charge is -1.98. The zero-order valence-corrected chi connectivity index (χ0v) is 13.5. The summed E-state index contributed by atoms with van der Waals surface area (Å²) in [6, 6.07) is 2.09. The molecule has 0 spiro atoms. The van der Waals surface area contributed by atoms with Crippen molar-refractivity contribution in [2.24, 2.45) is 0 Å². The minimum absolute atomic E-state index is 0.00442. The normalized spacial score (nSPS) is 18.1. The lowest BCUT2D eigenvalue weighted by atomic mass is 10.1. The first-order chi connectivity index (χ1) is 10.3. The van der Waals surface area contributed by atoms with E-state index >= 15 is 0 Å². The van der Waals surface area contributed by atoms with Gasteiger partial charge in [0.05, 0.1) is 10.6 Å². The van der Waals surface area contributed by atoms with Crippen molar-refractivity contribution in [3.8, 4) is 0 Å². The van der Waals surface area contributed by atoms with E-state index in [9.17, 15) is 4.79 Å². The molecule has 2 aromatic rings. The van der Waals surface area contributed by atoms with Gasteiger partial charge in [0.25, 0.3) is 5.91 Å². The monoisotopic (exact) mass is 318 g/mol. The van der Waals surface area contributed by atoms with Crippen molar-refractivity contribution >= 4 is 33.7 Å². The molecule has 0 aliphatic heterocycles. The molecular weight excluding hydrogens is 300 g/mol. The Morgan fingerprint density at radius 3 is 2.95 bits per heavy atom. The fourth-order valence-electron chi connectivity index (χ4n) is 2.85. The number of thiazole rings is 1. The number of hydrogen-bond acceptors (Lipinski definition) is 4. The fourth-order valence-corrected chi connectivity index (χ4v) is 4.78. The van der Waals surface area contributed by atoms with Crippen LogP contribution in [0.2, 0.25) is 0 Å². The first kappa shape index (κ1) is 13.5. The van der Waals surface area contributed by atoms with Gasteiger partial charge in [-0.1, -0.05) is 6.42 Å². The van der Waals surface area contributed by atoms with Crippen LogP contribution in [-0.2, 0) is 12.8 Å². The third kappa shape index (κ3) is 2.90. The predicted molar refractivity (Wildman–Crippen MR) is 87.6 cm³/mol. The van der Waals surface area contributed by atoms with E-state index in [1.54, 1.807) is 22.7 Å². The average molecular weight is 318 g/mol. The molecule has 5 heteroatoms. The van der Waals surface area contributed by atoms with Crippen LogP contribution in [0.1, 0.15) is 63.8 Å². The Hall–Kier alpha value is -1.20. The Kier molecular flexibility index (Phi) is 3.55. The summed E-state index contributed by atoms with van der Waals surface area (Å²) < 4.78 is 0. The zero-order valence-electron chi connectivity index (χ0n) is 11.9. The van der Waals surface area contributed by atoms with E-state index in [1.165, 1.54) is 42.5 Å². The highest BCUT2D eigenvalue weighted by Crippen LogP contribution is 2.41. The SMILES string of the molecule is O=C(Nc1nc(C2CC2)cs1)c1cc2c(s1)CCCCC2. The van der Waals surface area contributed by atoms with E-state index in [0.29, 0.717) is 5.92 Å². The van der Waals surface area contributed by atoms with Crippen LogP contribution in [0, 0.1) is 0 Å². The van der Waals surface area contributed by atoms with Gasteiger partial charge in [-0.3, -0.25) is 10.1 Å². The van der Waals surface area contributed by atoms with E-state index in [4.69, 9.17) is 0 Å². The maximum atomic E-state index is 12.4. The summed E-state index contributed by atoms with van der Waals surface area (Å²) in [5.74, 6) is 0.648. The molecule has 2 aromatic heterocycles. The van der Waals surface area contributed by atoms with Gasteiger partial charge in [-0.05, 0) is 50.2 Å². The van der Waals surface area contributed by atoms with Crippen molar-refractivity contribution in [2.45, 2.75) is 50.9 Å². The molecule has 2 heterocycles. The minimum Gasteiger partial charge on any atom is -0.297 e. The van der Waals surface area contributed by atoms with Crippen molar-refractivity contribution in [1.29, 1.82) is 0 Å². The summed E-state index contributed by atoms with van der Waals surface area (Å²) in [4.78, 5) is 19.2. The molecule has 1 saturated carbocycles. The van der Waals surface area contributed by atoms with Crippen molar-refractivity contribution in [2.75, 3.05) is 5.32 Å². The molecule has 2 aliphatic carbocycles. The van der Waals surface area contributed by atoms with Crippen LogP contribution in [-0.4, -0.2) is 10.9 Å². The number of nitrogens with zero attached hydrogens (tertiary/aromatic N) is 1. The van der Waals surface area contributed by atoms with E-state index < -0.39 is 0 Å². The van der Waals surface area contributed by atoms with Crippen LogP contribution < -0.4 is 5.32 Å². The van der Waals surface area contributed by atoms with Crippen LogP contribution >= 0.6 is 22.7 Å². The Morgan fingerprint density at radius 1 is 1.24 bits per heavy atom. The van der Waals surface area contributed by atoms with Crippen molar-refractivity contribution < 1.29 is 4.79 Å². The number of thiophene rings is 1. The molecule has 2 aliphatic rings. The molecule has 1 N–H and O–H groups in total. The molecule has 0 radical (unpaired) electrons. The molecule has 0 atom stereocenters. The maximum absolute atomic E-state index is 12.4. The molecule has 4 rings (SSSR count). The van der Waals surface area contributed by atoms with E-state index in [-0.39, 0.29) is 5.91 Å². The van der Waals surface area contributed by atoms with Crippen LogP contribution in [0.3, 0.4) is 0 Å². The molecule has 1 amide bonds. The topological polar surface area (TPSA) is 42.0 Å². The smallest absolute Gasteiger partial charge is 0.267 e. The second kappa shape index (κ2) is 5.54. The minimum atomic E-state index is 0.00442. The highest BCUT2D eigenvalue weighted by Gasteiger charge is 2.26. The van der Waals surface area contributed by atoms with Gasteiger partial charge < -0.3 is 0 Å². The number of rotatable bonds is 3. The third-order valence-electron chi connectivity index (χ3n) is 4.21. The molecule has 3 nitrogen and oxygen atoms in total. The Bertz CT molecular complexity index is 646. The Morgan fingerprint density at radius 2 is 2.10 bits per heavy atom. The van der Waals surface area contributed by atoms with Gasteiger partial charge >= 0.3 is 0 Å². The average Bonchev–Trinajstić information content (AvgIpc) is 3.17. The lowest BCUT2D eigenvalue weighted by Crippen LogP contribution is -2.10.